The number of amides is 2. The average Bonchev–Trinajstić information content (AvgIpc) is 3.39. The minimum Gasteiger partial charge on any atom is -0.462 e. The molecule has 2 atom stereocenters. The molecule has 0 aliphatic heterocycles. The van der Waals surface area contributed by atoms with Crippen LogP contribution in [0.25, 0.3) is 0 Å². The number of anilines is 2. The SMILES string of the molecule is CCOC(=O)c1c(NC(=O)CCC(=O)Nc2sc3c(c2C(=O)OCC)CCC(C)C3)sc2c1CCC(C)C2. The van der Waals surface area contributed by atoms with Crippen molar-refractivity contribution >= 4 is 56.4 Å². The summed E-state index contributed by atoms with van der Waals surface area (Å²) in [5, 5.41) is 6.71. The highest BCUT2D eigenvalue weighted by molar-refractivity contribution is 7.17. The average molecular weight is 561 g/mol. The summed E-state index contributed by atoms with van der Waals surface area (Å²) in [5.74, 6) is -0.488. The van der Waals surface area contributed by atoms with Crippen molar-refractivity contribution in [3.05, 3.63) is 32.0 Å². The summed E-state index contributed by atoms with van der Waals surface area (Å²) in [4.78, 5) is 53.3. The Bertz CT molecular complexity index is 1140. The van der Waals surface area contributed by atoms with Gasteiger partial charge in [0, 0.05) is 22.6 Å². The summed E-state index contributed by atoms with van der Waals surface area (Å²) >= 11 is 2.85. The number of rotatable bonds is 9. The first-order chi connectivity index (χ1) is 18.2. The molecule has 0 aromatic carbocycles. The molecular formula is C28H36N2O6S2. The molecule has 0 saturated heterocycles. The van der Waals surface area contributed by atoms with Crippen LogP contribution in [0.3, 0.4) is 0 Å². The molecule has 2 aliphatic carbocycles. The molecule has 0 saturated carbocycles. The van der Waals surface area contributed by atoms with Crippen molar-refractivity contribution in [3.8, 4) is 0 Å². The molecule has 2 amide bonds. The molecule has 10 heteroatoms. The van der Waals surface area contributed by atoms with E-state index in [1.165, 1.54) is 22.7 Å². The third-order valence-electron chi connectivity index (χ3n) is 7.07. The number of esters is 2. The van der Waals surface area contributed by atoms with E-state index >= 15 is 0 Å². The van der Waals surface area contributed by atoms with E-state index in [4.69, 9.17) is 9.47 Å². The molecule has 2 aliphatic rings. The smallest absolute Gasteiger partial charge is 0.341 e. The highest BCUT2D eigenvalue weighted by Crippen LogP contribution is 2.41. The van der Waals surface area contributed by atoms with Gasteiger partial charge in [0.1, 0.15) is 10.0 Å². The van der Waals surface area contributed by atoms with Crippen LogP contribution in [0.2, 0.25) is 0 Å². The van der Waals surface area contributed by atoms with E-state index in [1.54, 1.807) is 13.8 Å². The van der Waals surface area contributed by atoms with Gasteiger partial charge in [0.05, 0.1) is 24.3 Å². The Labute approximate surface area is 231 Å². The van der Waals surface area contributed by atoms with E-state index in [0.717, 1.165) is 59.4 Å². The lowest BCUT2D eigenvalue weighted by atomic mass is 9.88. The maximum Gasteiger partial charge on any atom is 0.341 e. The third kappa shape index (κ3) is 6.29. The van der Waals surface area contributed by atoms with Crippen LogP contribution >= 0.6 is 22.7 Å². The maximum absolute atomic E-state index is 12.8. The number of carbonyl (C=O) groups excluding carboxylic acids is 4. The van der Waals surface area contributed by atoms with Gasteiger partial charge >= 0.3 is 11.9 Å². The molecule has 2 heterocycles. The van der Waals surface area contributed by atoms with Crippen molar-refractivity contribution < 1.29 is 28.7 Å². The monoisotopic (exact) mass is 560 g/mol. The predicted octanol–water partition coefficient (Wildman–Crippen LogP) is 5.77. The third-order valence-corrected chi connectivity index (χ3v) is 9.41. The standard InChI is InChI=1S/C28H36N2O6S2/c1-5-35-27(33)23-17-9-7-15(3)13-19(17)37-25(23)29-21(31)11-12-22(32)30-26-24(28(34)36-6-2)18-10-8-16(4)14-20(18)38-26/h15-16H,5-14H2,1-4H3,(H,29,31)(H,30,32). The number of ether oxygens (including phenoxy) is 2. The molecule has 2 N–H and O–H groups in total. The topological polar surface area (TPSA) is 111 Å². The second-order valence-electron chi connectivity index (χ2n) is 10.1. The lowest BCUT2D eigenvalue weighted by Crippen LogP contribution is -2.19. The zero-order chi connectivity index (χ0) is 27.4. The minimum absolute atomic E-state index is 0.0517. The molecule has 0 spiro atoms. The summed E-state index contributed by atoms with van der Waals surface area (Å²) in [5.41, 5.74) is 2.85. The Balaban J connectivity index is 1.43. The Morgan fingerprint density at radius 1 is 0.737 bits per heavy atom. The second-order valence-corrected chi connectivity index (χ2v) is 12.4. The van der Waals surface area contributed by atoms with Gasteiger partial charge in [-0.2, -0.15) is 0 Å². The first-order valence-electron chi connectivity index (χ1n) is 13.4. The zero-order valence-electron chi connectivity index (χ0n) is 22.5. The van der Waals surface area contributed by atoms with Crippen molar-refractivity contribution in [2.75, 3.05) is 23.8 Å². The number of hydrogen-bond donors (Lipinski definition) is 2. The highest BCUT2D eigenvalue weighted by Gasteiger charge is 2.31. The molecule has 4 rings (SSSR count). The summed E-state index contributed by atoms with van der Waals surface area (Å²) in [6.07, 6.45) is 5.19. The van der Waals surface area contributed by atoms with E-state index in [9.17, 15) is 19.2 Å². The molecule has 8 nitrogen and oxygen atoms in total. The number of thiophene rings is 2. The fourth-order valence-corrected chi connectivity index (χ4v) is 7.95. The van der Waals surface area contributed by atoms with E-state index in [0.29, 0.717) is 33.0 Å². The van der Waals surface area contributed by atoms with Crippen LogP contribution in [0.1, 0.15) is 95.0 Å². The Morgan fingerprint density at radius 2 is 1.13 bits per heavy atom. The number of carbonyl (C=O) groups is 4. The van der Waals surface area contributed by atoms with Crippen molar-refractivity contribution in [2.45, 2.75) is 79.1 Å². The van der Waals surface area contributed by atoms with Crippen LogP contribution in [0.4, 0.5) is 10.0 Å². The van der Waals surface area contributed by atoms with Crippen molar-refractivity contribution in [1.29, 1.82) is 0 Å². The number of hydrogen-bond acceptors (Lipinski definition) is 8. The van der Waals surface area contributed by atoms with Crippen LogP contribution in [0.15, 0.2) is 0 Å². The van der Waals surface area contributed by atoms with Crippen LogP contribution in [-0.4, -0.2) is 37.0 Å². The van der Waals surface area contributed by atoms with Gasteiger partial charge in [0.25, 0.3) is 0 Å². The van der Waals surface area contributed by atoms with E-state index in [1.807, 2.05) is 0 Å². The molecule has 0 bridgehead atoms. The normalized spacial score (nSPS) is 18.2. The lowest BCUT2D eigenvalue weighted by molar-refractivity contribution is -0.121. The van der Waals surface area contributed by atoms with Gasteiger partial charge in [-0.25, -0.2) is 9.59 Å². The van der Waals surface area contributed by atoms with Crippen molar-refractivity contribution in [1.82, 2.24) is 0 Å². The van der Waals surface area contributed by atoms with Gasteiger partial charge in [-0.15, -0.1) is 22.7 Å². The molecule has 2 aromatic heterocycles. The number of fused-ring (bicyclic) bond motifs is 2. The van der Waals surface area contributed by atoms with E-state index in [-0.39, 0.29) is 37.9 Å². The van der Waals surface area contributed by atoms with E-state index in [2.05, 4.69) is 24.5 Å². The summed E-state index contributed by atoms with van der Waals surface area (Å²) in [6.45, 7) is 8.39. The molecule has 0 fully saturated rings. The molecular weight excluding hydrogens is 524 g/mol. The Morgan fingerprint density at radius 3 is 1.50 bits per heavy atom. The largest absolute Gasteiger partial charge is 0.462 e. The van der Waals surface area contributed by atoms with Gasteiger partial charge in [0.2, 0.25) is 11.8 Å². The summed E-state index contributed by atoms with van der Waals surface area (Å²) in [6, 6.07) is 0. The van der Waals surface area contributed by atoms with E-state index < -0.39 is 11.9 Å². The van der Waals surface area contributed by atoms with Crippen LogP contribution < -0.4 is 10.6 Å². The first kappa shape index (κ1) is 28.3. The van der Waals surface area contributed by atoms with Gasteiger partial charge in [-0.1, -0.05) is 13.8 Å². The van der Waals surface area contributed by atoms with Gasteiger partial charge < -0.3 is 20.1 Å². The predicted molar refractivity (Wildman–Crippen MR) is 149 cm³/mol. The molecule has 206 valence electrons. The molecule has 0 radical (unpaired) electrons. The number of nitrogens with one attached hydrogen (secondary N) is 2. The van der Waals surface area contributed by atoms with Crippen LogP contribution in [0.5, 0.6) is 0 Å². The fraction of sp³-hybridized carbons (Fsp3) is 0.571. The molecule has 2 aromatic rings. The summed E-state index contributed by atoms with van der Waals surface area (Å²) < 4.78 is 10.5. The second kappa shape index (κ2) is 12.4. The van der Waals surface area contributed by atoms with Gasteiger partial charge in [0.15, 0.2) is 0 Å². The van der Waals surface area contributed by atoms with Crippen molar-refractivity contribution in [2.24, 2.45) is 11.8 Å². The highest BCUT2D eigenvalue weighted by atomic mass is 32.1. The first-order valence-corrected chi connectivity index (χ1v) is 15.1. The lowest BCUT2D eigenvalue weighted by Gasteiger charge is -2.18. The minimum atomic E-state index is -0.421. The molecule has 2 unspecified atom stereocenters. The Kier molecular flexibility index (Phi) is 9.25. The summed E-state index contributed by atoms with van der Waals surface area (Å²) in [7, 11) is 0. The van der Waals surface area contributed by atoms with Crippen molar-refractivity contribution in [3.63, 3.8) is 0 Å². The fourth-order valence-electron chi connectivity index (χ4n) is 5.12. The van der Waals surface area contributed by atoms with Gasteiger partial charge in [-0.05, 0) is 75.3 Å². The quantitative estimate of drug-likeness (QED) is 0.377. The zero-order valence-corrected chi connectivity index (χ0v) is 24.1. The van der Waals surface area contributed by atoms with Crippen LogP contribution in [0, 0.1) is 11.8 Å². The molecule has 38 heavy (non-hydrogen) atoms. The Hall–Kier alpha value is -2.72. The van der Waals surface area contributed by atoms with Gasteiger partial charge in [-0.3, -0.25) is 9.59 Å². The van der Waals surface area contributed by atoms with Crippen LogP contribution in [-0.2, 0) is 44.7 Å². The maximum atomic E-state index is 12.8.